The van der Waals surface area contributed by atoms with Crippen LogP contribution >= 0.6 is 0 Å². The van der Waals surface area contributed by atoms with Gasteiger partial charge in [-0.3, -0.25) is 0 Å². The summed E-state index contributed by atoms with van der Waals surface area (Å²) in [6.07, 6.45) is 37.0. The normalized spacial score (nSPS) is 12.5. The van der Waals surface area contributed by atoms with Gasteiger partial charge in [-0.1, -0.05) is 174 Å². The van der Waals surface area contributed by atoms with Gasteiger partial charge in [-0.15, -0.1) is 0 Å². The van der Waals surface area contributed by atoms with Crippen molar-refractivity contribution in [1.29, 1.82) is 0 Å². The number of aliphatic hydroxyl groups is 2. The molecular formula is C30H62O2. The van der Waals surface area contributed by atoms with Gasteiger partial charge in [-0.2, -0.15) is 0 Å². The van der Waals surface area contributed by atoms with Crippen LogP contribution < -0.4 is 0 Å². The van der Waals surface area contributed by atoms with Gasteiger partial charge in [0.25, 0.3) is 0 Å². The first kappa shape index (κ1) is 31.9. The van der Waals surface area contributed by atoms with Crippen LogP contribution in [-0.2, 0) is 0 Å². The van der Waals surface area contributed by atoms with Crippen LogP contribution in [0.2, 0.25) is 0 Å². The minimum atomic E-state index is -0.496. The highest BCUT2D eigenvalue weighted by molar-refractivity contribution is 4.54. The summed E-state index contributed by atoms with van der Waals surface area (Å²) in [5, 5.41) is 18.1. The van der Waals surface area contributed by atoms with E-state index in [2.05, 4.69) is 6.92 Å². The van der Waals surface area contributed by atoms with E-state index in [1.165, 1.54) is 161 Å². The Morgan fingerprint density at radius 2 is 0.594 bits per heavy atom. The third-order valence-corrected chi connectivity index (χ3v) is 7.10. The summed E-state index contributed by atoms with van der Waals surface area (Å²) in [6.45, 7) is 2.21. The van der Waals surface area contributed by atoms with E-state index < -0.39 is 6.10 Å². The molecule has 0 heterocycles. The van der Waals surface area contributed by atoms with Crippen molar-refractivity contribution in [3.8, 4) is 0 Å². The lowest BCUT2D eigenvalue weighted by Gasteiger charge is -2.06. The van der Waals surface area contributed by atoms with Crippen LogP contribution in [0, 0.1) is 0 Å². The lowest BCUT2D eigenvalue weighted by atomic mass is 10.0. The zero-order valence-corrected chi connectivity index (χ0v) is 22.3. The van der Waals surface area contributed by atoms with Crippen LogP contribution in [0.3, 0.4) is 0 Å². The monoisotopic (exact) mass is 454 g/mol. The lowest BCUT2D eigenvalue weighted by Crippen LogP contribution is -2.10. The molecule has 0 aromatic heterocycles. The van der Waals surface area contributed by atoms with Gasteiger partial charge in [-0.05, 0) is 6.42 Å². The van der Waals surface area contributed by atoms with E-state index in [1.54, 1.807) is 0 Å². The predicted octanol–water partition coefficient (Wildman–Crippen LogP) is 9.89. The standard InChI is InChI=1S/C30H62O2/c1-2-3-4-5-6-7-8-9-10-11-12-13-14-15-16-17-18-19-20-21-22-23-24-25-26-27-28-30(32)29-31/h30-32H,2-29H2,1H3. The molecule has 0 aromatic carbocycles. The number of unbranched alkanes of at least 4 members (excludes halogenated alkanes) is 25. The fourth-order valence-electron chi connectivity index (χ4n) is 4.79. The van der Waals surface area contributed by atoms with Gasteiger partial charge in [0.05, 0.1) is 12.7 Å². The topological polar surface area (TPSA) is 40.5 Å². The predicted molar refractivity (Wildman–Crippen MR) is 143 cm³/mol. The van der Waals surface area contributed by atoms with Gasteiger partial charge < -0.3 is 10.2 Å². The van der Waals surface area contributed by atoms with Crippen LogP contribution in [0.5, 0.6) is 0 Å². The molecule has 0 radical (unpaired) electrons. The molecule has 1 atom stereocenters. The molecule has 0 aromatic rings. The molecule has 2 heteroatoms. The Morgan fingerprint density at radius 3 is 0.812 bits per heavy atom. The average molecular weight is 455 g/mol. The zero-order valence-electron chi connectivity index (χ0n) is 22.3. The van der Waals surface area contributed by atoms with E-state index in [-0.39, 0.29) is 6.61 Å². The van der Waals surface area contributed by atoms with Crippen molar-refractivity contribution in [2.45, 2.75) is 186 Å². The van der Waals surface area contributed by atoms with Gasteiger partial charge in [-0.25, -0.2) is 0 Å². The highest BCUT2D eigenvalue weighted by Crippen LogP contribution is 2.16. The first-order valence-corrected chi connectivity index (χ1v) is 15.1. The fourth-order valence-corrected chi connectivity index (χ4v) is 4.79. The number of aliphatic hydroxyl groups excluding tert-OH is 2. The summed E-state index contributed by atoms with van der Waals surface area (Å²) in [5.74, 6) is 0. The van der Waals surface area contributed by atoms with Crippen LogP contribution in [0.15, 0.2) is 0 Å². The SMILES string of the molecule is CCCCCCCCCCCCCCCCCCCCCCCCCCCCC(O)CO. The largest absolute Gasteiger partial charge is 0.394 e. The maximum atomic E-state index is 9.30. The summed E-state index contributed by atoms with van der Waals surface area (Å²) >= 11 is 0. The van der Waals surface area contributed by atoms with Crippen LogP contribution in [0.1, 0.15) is 180 Å². The van der Waals surface area contributed by atoms with Crippen molar-refractivity contribution >= 4 is 0 Å². The molecule has 0 aliphatic heterocycles. The van der Waals surface area contributed by atoms with Crippen molar-refractivity contribution in [1.82, 2.24) is 0 Å². The molecule has 32 heavy (non-hydrogen) atoms. The number of rotatable bonds is 28. The average Bonchev–Trinajstić information content (AvgIpc) is 2.81. The summed E-state index contributed by atoms with van der Waals surface area (Å²) in [6, 6.07) is 0. The fraction of sp³-hybridized carbons (Fsp3) is 1.00. The minimum Gasteiger partial charge on any atom is -0.394 e. The molecule has 1 unspecified atom stereocenters. The molecule has 0 aliphatic carbocycles. The Kier molecular flexibility index (Phi) is 28.9. The van der Waals surface area contributed by atoms with Crippen molar-refractivity contribution in [3.63, 3.8) is 0 Å². The molecule has 0 rings (SSSR count). The summed E-state index contributed by atoms with van der Waals surface area (Å²) in [7, 11) is 0. The van der Waals surface area contributed by atoms with Crippen molar-refractivity contribution in [3.05, 3.63) is 0 Å². The molecule has 2 nitrogen and oxygen atoms in total. The van der Waals surface area contributed by atoms with E-state index in [0.29, 0.717) is 0 Å². The molecule has 0 spiro atoms. The highest BCUT2D eigenvalue weighted by Gasteiger charge is 2.00. The maximum absolute atomic E-state index is 9.30. The molecule has 0 bridgehead atoms. The number of hydrogen-bond donors (Lipinski definition) is 2. The Morgan fingerprint density at radius 1 is 0.375 bits per heavy atom. The van der Waals surface area contributed by atoms with E-state index in [4.69, 9.17) is 5.11 Å². The first-order chi connectivity index (χ1) is 15.8. The van der Waals surface area contributed by atoms with Crippen LogP contribution in [0.25, 0.3) is 0 Å². The molecule has 2 N–H and O–H groups in total. The van der Waals surface area contributed by atoms with E-state index >= 15 is 0 Å². The first-order valence-electron chi connectivity index (χ1n) is 15.1. The van der Waals surface area contributed by atoms with Gasteiger partial charge in [0.15, 0.2) is 0 Å². The Labute approximate surface area is 203 Å². The van der Waals surface area contributed by atoms with Crippen molar-refractivity contribution < 1.29 is 10.2 Å². The van der Waals surface area contributed by atoms with Crippen LogP contribution in [0.4, 0.5) is 0 Å². The van der Waals surface area contributed by atoms with Gasteiger partial charge in [0.2, 0.25) is 0 Å². The Balaban J connectivity index is 3.01. The van der Waals surface area contributed by atoms with Gasteiger partial charge in [0.1, 0.15) is 0 Å². The van der Waals surface area contributed by atoms with E-state index in [1.807, 2.05) is 0 Å². The molecule has 0 saturated carbocycles. The second kappa shape index (κ2) is 29.0. The third-order valence-electron chi connectivity index (χ3n) is 7.10. The van der Waals surface area contributed by atoms with E-state index in [0.717, 1.165) is 12.8 Å². The molecule has 0 fully saturated rings. The quantitative estimate of drug-likeness (QED) is 0.115. The highest BCUT2D eigenvalue weighted by atomic mass is 16.3. The molecule has 194 valence electrons. The second-order valence-electron chi connectivity index (χ2n) is 10.5. The smallest absolute Gasteiger partial charge is 0.0770 e. The van der Waals surface area contributed by atoms with Gasteiger partial charge >= 0.3 is 0 Å². The van der Waals surface area contributed by atoms with Gasteiger partial charge in [0, 0.05) is 0 Å². The maximum Gasteiger partial charge on any atom is 0.0770 e. The second-order valence-corrected chi connectivity index (χ2v) is 10.5. The summed E-state index contributed by atoms with van der Waals surface area (Å²) in [5.41, 5.74) is 0. The molecule has 0 aliphatic rings. The molecule has 0 saturated heterocycles. The zero-order chi connectivity index (χ0) is 23.4. The Bertz CT molecular complexity index is 318. The Hall–Kier alpha value is -0.0800. The minimum absolute atomic E-state index is 0.0839. The lowest BCUT2D eigenvalue weighted by molar-refractivity contribution is 0.0860. The molecular weight excluding hydrogens is 392 g/mol. The van der Waals surface area contributed by atoms with Crippen molar-refractivity contribution in [2.24, 2.45) is 0 Å². The summed E-state index contributed by atoms with van der Waals surface area (Å²) < 4.78 is 0. The molecule has 0 amide bonds. The summed E-state index contributed by atoms with van der Waals surface area (Å²) in [4.78, 5) is 0. The van der Waals surface area contributed by atoms with Crippen LogP contribution in [-0.4, -0.2) is 22.9 Å². The van der Waals surface area contributed by atoms with Crippen molar-refractivity contribution in [2.75, 3.05) is 6.61 Å². The van der Waals surface area contributed by atoms with E-state index in [9.17, 15) is 5.11 Å². The number of hydrogen-bond acceptors (Lipinski definition) is 2. The third kappa shape index (κ3) is 28.0.